The summed E-state index contributed by atoms with van der Waals surface area (Å²) in [4.78, 5) is 21.4. The number of aliphatic hydroxyl groups is 6. The molecule has 0 bridgehead atoms. The summed E-state index contributed by atoms with van der Waals surface area (Å²) in [6.45, 7) is 3.57. The maximum Gasteiger partial charge on any atom is 0.187 e. The Morgan fingerprint density at radius 1 is 0.608 bits per heavy atom. The maximum absolute atomic E-state index is 12.0. The van der Waals surface area contributed by atoms with Gasteiger partial charge < -0.3 is 118 Å². The van der Waals surface area contributed by atoms with Crippen LogP contribution in [-0.2, 0) is 41.6 Å². The summed E-state index contributed by atoms with van der Waals surface area (Å²) in [5, 5.41) is 74.5. The fourth-order valence-electron chi connectivity index (χ4n) is 11.0. The van der Waals surface area contributed by atoms with E-state index in [4.69, 9.17) is 77.5 Å². The summed E-state index contributed by atoms with van der Waals surface area (Å²) in [5.74, 6) is 2.00. The zero-order valence-electron chi connectivity index (χ0n) is 43.3. The van der Waals surface area contributed by atoms with Crippen LogP contribution < -0.4 is 44.0 Å². The Bertz CT molecular complexity index is 3000. The summed E-state index contributed by atoms with van der Waals surface area (Å²) in [5.41, 5.74) is 43.9. The van der Waals surface area contributed by atoms with Crippen molar-refractivity contribution in [3.05, 3.63) is 72.6 Å². The van der Waals surface area contributed by atoms with E-state index in [2.05, 4.69) is 55.3 Å². The molecule has 28 nitrogen and oxygen atoms in total. The number of anilines is 1. The molecule has 3 aromatic carbocycles. The zero-order valence-corrected chi connectivity index (χ0v) is 43.3. The quantitative estimate of drug-likeness (QED) is 0.0437. The van der Waals surface area contributed by atoms with Crippen molar-refractivity contribution < 1.29 is 63.8 Å². The molecule has 11 rings (SSSR count). The zero-order chi connectivity index (χ0) is 55.4. The number of hydrogen-bond acceptors (Lipinski definition) is 25. The number of H-pyrrole nitrogens is 2. The summed E-state index contributed by atoms with van der Waals surface area (Å²) in [6, 6.07) is 15.5. The van der Waals surface area contributed by atoms with E-state index in [1.165, 1.54) is 10.4 Å². The molecule has 428 valence electrons. The Hall–Kier alpha value is -5.42. The van der Waals surface area contributed by atoms with Gasteiger partial charge in [-0.2, -0.15) is 0 Å². The highest BCUT2D eigenvalue weighted by Gasteiger charge is 2.54. The SMILES string of the molecule is CN1CCN(c2ccc3nc(-c4ccc5nc(-c6ccc(OCc7cn(C[C@H]8O[C@@H](O[C@@H]9[C@@H](O)[C@H](N)C[C@H](N)[C@H]9O[C@H]9O[C@H](CN)[C@@H](O)[C@H](O)[C@H]9N)[C@H](O)[C@@H]8O[C@H]8O[C@@H](CN)[C@@H](O)[C@H](O)[C@H]8N)nn7)cc6)[nH]c5c4)[nH]c3c2)CC1. The lowest BCUT2D eigenvalue weighted by Gasteiger charge is -2.47. The molecule has 28 heteroatoms. The number of likely N-dealkylation sites (N-methyl/N-ethyl adjacent to an activating group) is 1. The minimum atomic E-state index is -1.65. The van der Waals surface area contributed by atoms with E-state index >= 15 is 0 Å². The largest absolute Gasteiger partial charge is 0.487 e. The van der Waals surface area contributed by atoms with E-state index in [0.29, 0.717) is 17.3 Å². The Balaban J connectivity index is 0.754. The van der Waals surface area contributed by atoms with E-state index in [1.54, 1.807) is 6.20 Å². The third-order valence-electron chi connectivity index (χ3n) is 15.7. The summed E-state index contributed by atoms with van der Waals surface area (Å²) in [6.07, 6.45) is -18.7. The predicted octanol–water partition coefficient (Wildman–Crippen LogP) is -4.18. The minimum absolute atomic E-state index is 0.0227. The molecule has 1 aliphatic carbocycles. The van der Waals surface area contributed by atoms with Crippen LogP contribution in [0.4, 0.5) is 5.69 Å². The number of ether oxygens (including phenoxy) is 7. The first kappa shape index (κ1) is 55.5. The molecule has 20 N–H and O–H groups in total. The third kappa shape index (κ3) is 11.3. The average Bonchev–Trinajstić information content (AvgIpc) is 4.39. The molecule has 79 heavy (non-hydrogen) atoms. The number of aromatic amines is 2. The smallest absolute Gasteiger partial charge is 0.187 e. The third-order valence-corrected chi connectivity index (χ3v) is 15.7. The van der Waals surface area contributed by atoms with Gasteiger partial charge in [-0.25, -0.2) is 14.6 Å². The van der Waals surface area contributed by atoms with E-state index < -0.39 is 116 Å². The lowest BCUT2D eigenvalue weighted by molar-refractivity contribution is -0.306. The van der Waals surface area contributed by atoms with Crippen LogP contribution in [0.15, 0.2) is 66.9 Å². The molecule has 5 aliphatic rings. The van der Waals surface area contributed by atoms with Crippen molar-refractivity contribution in [1.29, 1.82) is 0 Å². The Kier molecular flexibility index (Phi) is 16.3. The van der Waals surface area contributed by atoms with Gasteiger partial charge in [0.05, 0.1) is 53.0 Å². The van der Waals surface area contributed by atoms with Crippen molar-refractivity contribution in [2.75, 3.05) is 51.2 Å². The summed E-state index contributed by atoms with van der Waals surface area (Å²) < 4.78 is 44.3. The van der Waals surface area contributed by atoms with Gasteiger partial charge in [-0.05, 0) is 74.1 Å². The van der Waals surface area contributed by atoms with Gasteiger partial charge in [-0.3, -0.25) is 0 Å². The van der Waals surface area contributed by atoms with Gasteiger partial charge in [-0.1, -0.05) is 5.21 Å². The molecule has 5 fully saturated rings. The Labute approximate surface area is 452 Å². The van der Waals surface area contributed by atoms with Crippen LogP contribution in [-0.4, -0.2) is 233 Å². The lowest BCUT2D eigenvalue weighted by atomic mass is 9.84. The molecule has 7 heterocycles. The second kappa shape index (κ2) is 23.2. The summed E-state index contributed by atoms with van der Waals surface area (Å²) >= 11 is 0. The van der Waals surface area contributed by atoms with Gasteiger partial charge in [0, 0.05) is 68.2 Å². The number of nitrogens with one attached hydrogen (secondary N) is 2. The molecule has 0 amide bonds. The molecular formula is C51H71N15O13. The topological polar surface area (TPSA) is 437 Å². The Morgan fingerprint density at radius 2 is 1.18 bits per heavy atom. The van der Waals surface area contributed by atoms with E-state index in [-0.39, 0.29) is 32.7 Å². The highest BCUT2D eigenvalue weighted by molar-refractivity contribution is 5.87. The first-order valence-corrected chi connectivity index (χ1v) is 26.5. The van der Waals surface area contributed by atoms with Gasteiger partial charge in [-0.15, -0.1) is 5.10 Å². The standard InChI is InChI=1S/C51H71N15O13/c1-64-10-12-65(13-11-64)25-5-9-30-32(15-25)61-48(59-30)23-4-8-29-31(14-23)60-47(58-29)22-2-6-26(7-3-22)73-21-24-19-66(63-62-24)20-35-45(78-50-37(57)42(71)40(69)34(18-53)75-50)43(72)51(76-35)79-46-38(67)27(54)16-28(55)44(46)77-49-36(56)41(70)39(68)33(17-52)74-49/h2-9,14-15,19,27-28,33-46,49-51,67-72H,10-13,16-18,20-21,52-57H2,1H3,(H,58,60)(H,59,61)/t27-,28+,33-,34+,35-,36-,37-,38+,39-,40-,41-,42-,43-,44-,45-,46-,49-,50-,51+/m1/s1. The van der Waals surface area contributed by atoms with Crippen LogP contribution in [0.5, 0.6) is 5.75 Å². The Morgan fingerprint density at radius 3 is 1.82 bits per heavy atom. The first-order valence-electron chi connectivity index (χ1n) is 26.5. The van der Waals surface area contributed by atoms with Gasteiger partial charge in [0.15, 0.2) is 18.9 Å². The number of nitrogens with two attached hydrogens (primary N) is 6. The highest BCUT2D eigenvalue weighted by Crippen LogP contribution is 2.36. The molecule has 1 saturated carbocycles. The molecular weight excluding hydrogens is 1030 g/mol. The molecule has 0 unspecified atom stereocenters. The van der Waals surface area contributed by atoms with Gasteiger partial charge in [0.2, 0.25) is 0 Å². The number of rotatable bonds is 16. The molecule has 4 aliphatic heterocycles. The van der Waals surface area contributed by atoms with Crippen molar-refractivity contribution in [2.45, 2.75) is 136 Å². The number of nitrogens with zero attached hydrogens (tertiary/aromatic N) is 7. The fourth-order valence-corrected chi connectivity index (χ4v) is 11.0. The number of fused-ring (bicyclic) bond motifs is 2. The molecule has 4 saturated heterocycles. The van der Waals surface area contributed by atoms with Crippen LogP contribution in [0.2, 0.25) is 0 Å². The highest BCUT2D eigenvalue weighted by atomic mass is 16.8. The van der Waals surface area contributed by atoms with Gasteiger partial charge in [0.1, 0.15) is 96.8 Å². The fraction of sp³-hybridized carbons (Fsp3) is 0.569. The number of piperazine rings is 1. The minimum Gasteiger partial charge on any atom is -0.487 e. The van der Waals surface area contributed by atoms with Gasteiger partial charge >= 0.3 is 0 Å². The number of aliphatic hydroxyl groups excluding tert-OH is 6. The van der Waals surface area contributed by atoms with Crippen LogP contribution in [0.25, 0.3) is 44.8 Å². The normalized spacial score (nSPS) is 35.7. The van der Waals surface area contributed by atoms with Crippen molar-refractivity contribution >= 4 is 27.8 Å². The van der Waals surface area contributed by atoms with Crippen molar-refractivity contribution in [3.8, 4) is 28.5 Å². The molecule has 0 radical (unpaired) electrons. The summed E-state index contributed by atoms with van der Waals surface area (Å²) in [7, 11) is 2.15. The molecule has 0 spiro atoms. The van der Waals surface area contributed by atoms with E-state index in [9.17, 15) is 30.6 Å². The van der Waals surface area contributed by atoms with E-state index in [0.717, 1.165) is 65.2 Å². The van der Waals surface area contributed by atoms with Crippen LogP contribution in [0.1, 0.15) is 12.1 Å². The first-order chi connectivity index (χ1) is 38.0. The van der Waals surface area contributed by atoms with E-state index in [1.807, 2.05) is 42.5 Å². The number of aromatic nitrogens is 7. The van der Waals surface area contributed by atoms with Crippen LogP contribution in [0, 0.1) is 0 Å². The van der Waals surface area contributed by atoms with Gasteiger partial charge in [0.25, 0.3) is 0 Å². The predicted molar refractivity (Wildman–Crippen MR) is 282 cm³/mol. The van der Waals surface area contributed by atoms with Crippen molar-refractivity contribution in [2.24, 2.45) is 34.4 Å². The second-order valence-electron chi connectivity index (χ2n) is 21.2. The number of benzene rings is 3. The second-order valence-corrected chi connectivity index (χ2v) is 21.2. The lowest BCUT2D eigenvalue weighted by Crippen LogP contribution is -2.68. The molecule has 6 aromatic rings. The number of imidazole rings is 2. The van der Waals surface area contributed by atoms with Crippen LogP contribution in [0.3, 0.4) is 0 Å². The molecule has 19 atom stereocenters. The monoisotopic (exact) mass is 1100 g/mol. The number of hydrogen-bond donors (Lipinski definition) is 14. The van der Waals surface area contributed by atoms with Crippen molar-refractivity contribution in [1.82, 2.24) is 39.8 Å². The van der Waals surface area contributed by atoms with Crippen molar-refractivity contribution in [3.63, 3.8) is 0 Å². The molecule has 3 aromatic heterocycles. The average molecular weight is 1100 g/mol. The van der Waals surface area contributed by atoms with Crippen LogP contribution >= 0.6 is 0 Å². The maximum atomic E-state index is 12.0.